The maximum atomic E-state index is 11.7. The van der Waals surface area contributed by atoms with Crippen LogP contribution in [0.2, 0.25) is 0 Å². The number of ether oxygens (including phenoxy) is 1. The van der Waals surface area contributed by atoms with E-state index in [2.05, 4.69) is 6.92 Å². The van der Waals surface area contributed by atoms with E-state index in [0.717, 1.165) is 19.4 Å². The lowest BCUT2D eigenvalue weighted by atomic mass is 10.1. The molecule has 0 aromatic heterocycles. The van der Waals surface area contributed by atoms with Crippen molar-refractivity contribution in [1.82, 2.24) is 4.90 Å². The summed E-state index contributed by atoms with van der Waals surface area (Å²) >= 11 is 0. The van der Waals surface area contributed by atoms with Crippen molar-refractivity contribution in [2.45, 2.75) is 38.6 Å². The van der Waals surface area contributed by atoms with Gasteiger partial charge in [0.1, 0.15) is 0 Å². The second-order valence-corrected chi connectivity index (χ2v) is 5.21. The van der Waals surface area contributed by atoms with E-state index in [4.69, 9.17) is 10.5 Å². The van der Waals surface area contributed by atoms with Crippen LogP contribution >= 0.6 is 0 Å². The van der Waals surface area contributed by atoms with Crippen LogP contribution in [0.1, 0.15) is 32.6 Å². The van der Waals surface area contributed by atoms with Crippen LogP contribution in [0.4, 0.5) is 4.79 Å². The Morgan fingerprint density at radius 3 is 2.93 bits per heavy atom. The average Bonchev–Trinajstić information content (AvgIpc) is 2.94. The summed E-state index contributed by atoms with van der Waals surface area (Å²) in [6.45, 7) is 4.17. The molecule has 86 valence electrons. The third-order valence-electron chi connectivity index (χ3n) is 3.36. The first kappa shape index (κ1) is 10.7. The summed E-state index contributed by atoms with van der Waals surface area (Å²) < 4.78 is 5.29. The summed E-state index contributed by atoms with van der Waals surface area (Å²) in [5.74, 6) is 0. The van der Waals surface area contributed by atoms with E-state index in [1.807, 2.05) is 0 Å². The minimum Gasteiger partial charge on any atom is -0.449 e. The van der Waals surface area contributed by atoms with Crippen LogP contribution in [0.25, 0.3) is 0 Å². The van der Waals surface area contributed by atoms with Gasteiger partial charge in [-0.05, 0) is 25.7 Å². The summed E-state index contributed by atoms with van der Waals surface area (Å²) in [7, 11) is 0. The van der Waals surface area contributed by atoms with E-state index in [9.17, 15) is 4.79 Å². The van der Waals surface area contributed by atoms with Crippen molar-refractivity contribution in [3.05, 3.63) is 0 Å². The first-order chi connectivity index (χ1) is 7.09. The molecule has 15 heavy (non-hydrogen) atoms. The predicted molar refractivity (Wildman–Crippen MR) is 57.5 cm³/mol. The SMILES string of the molecule is CC1(COC(=O)N2CCC[C@H](N)C2)CC1. The Kier molecular flexibility index (Phi) is 2.87. The van der Waals surface area contributed by atoms with Crippen molar-refractivity contribution >= 4 is 6.09 Å². The van der Waals surface area contributed by atoms with Crippen LogP contribution in [0.5, 0.6) is 0 Å². The molecule has 0 aromatic carbocycles. The zero-order chi connectivity index (χ0) is 10.9. The summed E-state index contributed by atoms with van der Waals surface area (Å²) in [4.78, 5) is 13.4. The fraction of sp³-hybridized carbons (Fsp3) is 0.909. The van der Waals surface area contributed by atoms with Gasteiger partial charge >= 0.3 is 6.09 Å². The topological polar surface area (TPSA) is 55.6 Å². The number of likely N-dealkylation sites (tertiary alicyclic amines) is 1. The Morgan fingerprint density at radius 1 is 1.60 bits per heavy atom. The molecule has 2 aliphatic rings. The highest BCUT2D eigenvalue weighted by molar-refractivity contribution is 5.67. The van der Waals surface area contributed by atoms with E-state index in [1.165, 1.54) is 12.8 Å². The smallest absolute Gasteiger partial charge is 0.409 e. The van der Waals surface area contributed by atoms with Gasteiger partial charge in [0.25, 0.3) is 0 Å². The number of hydrogen-bond donors (Lipinski definition) is 1. The number of nitrogens with two attached hydrogens (primary N) is 1. The number of piperidine rings is 1. The minimum absolute atomic E-state index is 0.128. The first-order valence-corrected chi connectivity index (χ1v) is 5.76. The molecule has 0 spiro atoms. The summed E-state index contributed by atoms with van der Waals surface area (Å²) in [5.41, 5.74) is 6.08. The molecule has 1 atom stereocenters. The van der Waals surface area contributed by atoms with E-state index >= 15 is 0 Å². The molecule has 0 aromatic rings. The predicted octanol–water partition coefficient (Wildman–Crippen LogP) is 1.35. The van der Waals surface area contributed by atoms with Crippen LogP contribution in [0.3, 0.4) is 0 Å². The normalized spacial score (nSPS) is 28.7. The molecule has 0 bridgehead atoms. The second-order valence-electron chi connectivity index (χ2n) is 5.21. The molecule has 4 nitrogen and oxygen atoms in total. The number of rotatable bonds is 2. The van der Waals surface area contributed by atoms with Crippen molar-refractivity contribution in [2.75, 3.05) is 19.7 Å². The van der Waals surface area contributed by atoms with Crippen molar-refractivity contribution in [1.29, 1.82) is 0 Å². The van der Waals surface area contributed by atoms with Crippen LogP contribution < -0.4 is 5.73 Å². The Morgan fingerprint density at radius 2 is 2.33 bits per heavy atom. The molecular formula is C11H20N2O2. The minimum atomic E-state index is -0.182. The maximum absolute atomic E-state index is 11.7. The molecule has 1 saturated carbocycles. The van der Waals surface area contributed by atoms with Crippen LogP contribution in [0.15, 0.2) is 0 Å². The molecule has 1 saturated heterocycles. The van der Waals surface area contributed by atoms with Gasteiger partial charge in [0, 0.05) is 24.5 Å². The highest BCUT2D eigenvalue weighted by Gasteiger charge is 2.39. The standard InChI is InChI=1S/C11H20N2O2/c1-11(4-5-11)8-15-10(14)13-6-2-3-9(12)7-13/h9H,2-8,12H2,1H3/t9-/m0/s1. The molecule has 0 radical (unpaired) electrons. The van der Waals surface area contributed by atoms with Gasteiger partial charge in [-0.3, -0.25) is 0 Å². The van der Waals surface area contributed by atoms with Crippen LogP contribution in [-0.4, -0.2) is 36.7 Å². The molecule has 1 heterocycles. The Labute approximate surface area is 90.8 Å². The highest BCUT2D eigenvalue weighted by Crippen LogP contribution is 2.45. The molecule has 0 unspecified atom stereocenters. The lowest BCUT2D eigenvalue weighted by Gasteiger charge is -2.30. The van der Waals surface area contributed by atoms with Gasteiger partial charge < -0.3 is 15.4 Å². The van der Waals surface area contributed by atoms with E-state index in [-0.39, 0.29) is 17.6 Å². The molecule has 1 aliphatic carbocycles. The average molecular weight is 212 g/mol. The third-order valence-corrected chi connectivity index (χ3v) is 3.36. The van der Waals surface area contributed by atoms with Gasteiger partial charge in [-0.1, -0.05) is 6.92 Å². The zero-order valence-electron chi connectivity index (χ0n) is 9.37. The van der Waals surface area contributed by atoms with Crippen molar-refractivity contribution < 1.29 is 9.53 Å². The summed E-state index contributed by atoms with van der Waals surface area (Å²) in [5, 5.41) is 0. The van der Waals surface area contributed by atoms with Gasteiger partial charge in [-0.15, -0.1) is 0 Å². The first-order valence-electron chi connectivity index (χ1n) is 5.76. The Balaban J connectivity index is 1.74. The molecule has 1 aliphatic heterocycles. The molecule has 2 rings (SSSR count). The number of amides is 1. The molecule has 2 N–H and O–H groups in total. The maximum Gasteiger partial charge on any atom is 0.409 e. The summed E-state index contributed by atoms with van der Waals surface area (Å²) in [6.07, 6.45) is 4.19. The number of hydrogen-bond acceptors (Lipinski definition) is 3. The van der Waals surface area contributed by atoms with Gasteiger partial charge in [0.05, 0.1) is 6.61 Å². The van der Waals surface area contributed by atoms with Gasteiger partial charge in [0.2, 0.25) is 0 Å². The van der Waals surface area contributed by atoms with Crippen LogP contribution in [0, 0.1) is 5.41 Å². The Bertz CT molecular complexity index is 251. The van der Waals surface area contributed by atoms with Crippen LogP contribution in [-0.2, 0) is 4.74 Å². The number of carbonyl (C=O) groups excluding carboxylic acids is 1. The largest absolute Gasteiger partial charge is 0.449 e. The van der Waals surface area contributed by atoms with Crippen molar-refractivity contribution in [3.8, 4) is 0 Å². The number of nitrogens with zero attached hydrogens (tertiary/aromatic N) is 1. The quantitative estimate of drug-likeness (QED) is 0.751. The second kappa shape index (κ2) is 4.00. The highest BCUT2D eigenvalue weighted by atomic mass is 16.6. The van der Waals surface area contributed by atoms with Gasteiger partial charge in [0.15, 0.2) is 0 Å². The van der Waals surface area contributed by atoms with Crippen molar-refractivity contribution in [2.24, 2.45) is 11.1 Å². The fourth-order valence-electron chi connectivity index (χ4n) is 1.86. The lowest BCUT2D eigenvalue weighted by Crippen LogP contribution is -2.46. The Hall–Kier alpha value is -0.770. The van der Waals surface area contributed by atoms with E-state index in [0.29, 0.717) is 13.2 Å². The molecule has 4 heteroatoms. The zero-order valence-corrected chi connectivity index (χ0v) is 9.37. The molecule has 2 fully saturated rings. The third kappa shape index (κ3) is 2.84. The van der Waals surface area contributed by atoms with E-state index in [1.54, 1.807) is 4.90 Å². The molecule has 1 amide bonds. The van der Waals surface area contributed by atoms with E-state index < -0.39 is 0 Å². The molecular weight excluding hydrogens is 192 g/mol. The van der Waals surface area contributed by atoms with Gasteiger partial charge in [-0.25, -0.2) is 4.79 Å². The monoisotopic (exact) mass is 212 g/mol. The van der Waals surface area contributed by atoms with Gasteiger partial charge in [-0.2, -0.15) is 0 Å². The van der Waals surface area contributed by atoms with Crippen molar-refractivity contribution in [3.63, 3.8) is 0 Å². The fourth-order valence-corrected chi connectivity index (χ4v) is 1.86. The lowest BCUT2D eigenvalue weighted by molar-refractivity contribution is 0.0770. The number of carbonyl (C=O) groups is 1. The summed E-state index contributed by atoms with van der Waals surface area (Å²) in [6, 6.07) is 0.128.